The molecular formula is C14H14N2O. The van der Waals surface area contributed by atoms with Gasteiger partial charge in [-0.15, -0.1) is 0 Å². The van der Waals surface area contributed by atoms with Crippen molar-refractivity contribution in [3.8, 4) is 0 Å². The number of hydrogen-bond donors (Lipinski definition) is 1. The highest BCUT2D eigenvalue weighted by Gasteiger charge is 2.05. The van der Waals surface area contributed by atoms with E-state index in [0.717, 1.165) is 12.1 Å². The number of aromatic nitrogens is 1. The lowest BCUT2D eigenvalue weighted by molar-refractivity contribution is 0.102. The molecule has 17 heavy (non-hydrogen) atoms. The number of rotatable bonds is 3. The van der Waals surface area contributed by atoms with E-state index in [1.807, 2.05) is 24.3 Å². The van der Waals surface area contributed by atoms with Gasteiger partial charge in [0.15, 0.2) is 0 Å². The first-order valence-corrected chi connectivity index (χ1v) is 5.60. The van der Waals surface area contributed by atoms with Gasteiger partial charge in [-0.3, -0.25) is 9.78 Å². The molecule has 0 unspecified atom stereocenters. The van der Waals surface area contributed by atoms with Crippen LogP contribution in [0.5, 0.6) is 0 Å². The molecule has 0 aliphatic heterocycles. The third-order valence-electron chi connectivity index (χ3n) is 2.52. The summed E-state index contributed by atoms with van der Waals surface area (Å²) in [6.45, 7) is 2.09. The average Bonchev–Trinajstić information content (AvgIpc) is 2.40. The molecule has 1 heterocycles. The second-order valence-electron chi connectivity index (χ2n) is 3.75. The summed E-state index contributed by atoms with van der Waals surface area (Å²) < 4.78 is 0. The van der Waals surface area contributed by atoms with Gasteiger partial charge in [-0.2, -0.15) is 0 Å². The van der Waals surface area contributed by atoms with E-state index in [1.165, 1.54) is 5.56 Å². The average molecular weight is 226 g/mol. The number of nitrogens with one attached hydrogen (secondary N) is 1. The largest absolute Gasteiger partial charge is 0.322 e. The lowest BCUT2D eigenvalue weighted by Crippen LogP contribution is -2.12. The van der Waals surface area contributed by atoms with Crippen LogP contribution in [0, 0.1) is 0 Å². The Morgan fingerprint density at radius 1 is 1.29 bits per heavy atom. The van der Waals surface area contributed by atoms with Gasteiger partial charge in [0.1, 0.15) is 0 Å². The van der Waals surface area contributed by atoms with Gasteiger partial charge in [0.25, 0.3) is 5.91 Å². The number of amides is 1. The Balaban J connectivity index is 2.13. The molecule has 1 aromatic carbocycles. The van der Waals surface area contributed by atoms with E-state index < -0.39 is 0 Å². The van der Waals surface area contributed by atoms with Crippen molar-refractivity contribution in [1.29, 1.82) is 0 Å². The SMILES string of the molecule is CCc1cccc(NC(=O)c2cccnc2)c1. The van der Waals surface area contributed by atoms with Crippen LogP contribution in [0.25, 0.3) is 0 Å². The minimum absolute atomic E-state index is 0.133. The van der Waals surface area contributed by atoms with Crippen molar-refractivity contribution in [2.75, 3.05) is 5.32 Å². The molecule has 3 nitrogen and oxygen atoms in total. The molecule has 0 saturated carbocycles. The fraction of sp³-hybridized carbons (Fsp3) is 0.143. The van der Waals surface area contributed by atoms with Gasteiger partial charge in [0.05, 0.1) is 5.56 Å². The van der Waals surface area contributed by atoms with Crippen molar-refractivity contribution in [3.05, 3.63) is 59.9 Å². The number of carbonyl (C=O) groups is 1. The highest BCUT2D eigenvalue weighted by atomic mass is 16.1. The van der Waals surface area contributed by atoms with Crippen LogP contribution < -0.4 is 5.32 Å². The first-order valence-electron chi connectivity index (χ1n) is 5.60. The minimum Gasteiger partial charge on any atom is -0.322 e. The molecule has 0 radical (unpaired) electrons. The molecule has 0 bridgehead atoms. The third-order valence-corrected chi connectivity index (χ3v) is 2.52. The van der Waals surface area contributed by atoms with Gasteiger partial charge < -0.3 is 5.32 Å². The molecule has 86 valence electrons. The first kappa shape index (κ1) is 11.3. The van der Waals surface area contributed by atoms with Crippen molar-refractivity contribution in [2.45, 2.75) is 13.3 Å². The second-order valence-corrected chi connectivity index (χ2v) is 3.75. The Morgan fingerprint density at radius 3 is 2.88 bits per heavy atom. The number of nitrogens with zero attached hydrogens (tertiary/aromatic N) is 1. The van der Waals surface area contributed by atoms with Crippen molar-refractivity contribution in [3.63, 3.8) is 0 Å². The molecule has 3 heteroatoms. The van der Waals surface area contributed by atoms with E-state index in [2.05, 4.69) is 17.2 Å². The quantitative estimate of drug-likeness (QED) is 0.874. The Kier molecular flexibility index (Phi) is 3.50. The third kappa shape index (κ3) is 2.91. The van der Waals surface area contributed by atoms with Crippen LogP contribution in [0.2, 0.25) is 0 Å². The van der Waals surface area contributed by atoms with Crippen LogP contribution in [0.3, 0.4) is 0 Å². The van der Waals surface area contributed by atoms with Gasteiger partial charge in [-0.25, -0.2) is 0 Å². The van der Waals surface area contributed by atoms with Gasteiger partial charge in [-0.1, -0.05) is 19.1 Å². The highest BCUT2D eigenvalue weighted by molar-refractivity contribution is 6.04. The highest BCUT2D eigenvalue weighted by Crippen LogP contribution is 2.12. The van der Waals surface area contributed by atoms with Crippen LogP contribution in [-0.4, -0.2) is 10.9 Å². The molecule has 2 rings (SSSR count). The first-order chi connectivity index (χ1) is 8.29. The molecule has 2 aromatic rings. The van der Waals surface area contributed by atoms with Gasteiger partial charge >= 0.3 is 0 Å². The summed E-state index contributed by atoms with van der Waals surface area (Å²) in [6, 6.07) is 11.3. The topological polar surface area (TPSA) is 42.0 Å². The lowest BCUT2D eigenvalue weighted by Gasteiger charge is -2.06. The maximum atomic E-state index is 11.9. The van der Waals surface area contributed by atoms with Crippen LogP contribution in [-0.2, 0) is 6.42 Å². The number of anilines is 1. The standard InChI is InChI=1S/C14H14N2O/c1-2-11-5-3-7-13(9-11)16-14(17)12-6-4-8-15-10-12/h3-10H,2H2,1H3,(H,16,17). The molecule has 1 N–H and O–H groups in total. The van der Waals surface area contributed by atoms with Gasteiger partial charge in [0.2, 0.25) is 0 Å². The van der Waals surface area contributed by atoms with Crippen LogP contribution in [0.4, 0.5) is 5.69 Å². The van der Waals surface area contributed by atoms with E-state index in [4.69, 9.17) is 0 Å². The smallest absolute Gasteiger partial charge is 0.257 e. The summed E-state index contributed by atoms with van der Waals surface area (Å²) in [5, 5.41) is 2.85. The summed E-state index contributed by atoms with van der Waals surface area (Å²) in [5.41, 5.74) is 2.58. The van der Waals surface area contributed by atoms with Gasteiger partial charge in [-0.05, 0) is 36.2 Å². The van der Waals surface area contributed by atoms with Crippen LogP contribution in [0.15, 0.2) is 48.8 Å². The van der Waals surface area contributed by atoms with Crippen molar-refractivity contribution in [1.82, 2.24) is 4.98 Å². The summed E-state index contributed by atoms with van der Waals surface area (Å²) >= 11 is 0. The zero-order chi connectivity index (χ0) is 12.1. The second kappa shape index (κ2) is 5.25. The summed E-state index contributed by atoms with van der Waals surface area (Å²) in [5.74, 6) is -0.133. The molecule has 0 atom stereocenters. The van der Waals surface area contributed by atoms with Crippen LogP contribution >= 0.6 is 0 Å². The molecule has 0 saturated heterocycles. The molecule has 1 amide bonds. The maximum absolute atomic E-state index is 11.9. The lowest BCUT2D eigenvalue weighted by atomic mass is 10.1. The number of benzene rings is 1. The maximum Gasteiger partial charge on any atom is 0.257 e. The number of hydrogen-bond acceptors (Lipinski definition) is 2. The van der Waals surface area contributed by atoms with E-state index in [0.29, 0.717) is 5.56 Å². The van der Waals surface area contributed by atoms with E-state index in [-0.39, 0.29) is 5.91 Å². The van der Waals surface area contributed by atoms with E-state index >= 15 is 0 Å². The predicted octanol–water partition coefficient (Wildman–Crippen LogP) is 2.90. The zero-order valence-corrected chi connectivity index (χ0v) is 9.68. The van der Waals surface area contributed by atoms with Crippen molar-refractivity contribution >= 4 is 11.6 Å². The van der Waals surface area contributed by atoms with E-state index in [9.17, 15) is 4.79 Å². The Morgan fingerprint density at radius 2 is 2.18 bits per heavy atom. The zero-order valence-electron chi connectivity index (χ0n) is 9.68. The van der Waals surface area contributed by atoms with Gasteiger partial charge in [0, 0.05) is 18.1 Å². The predicted molar refractivity (Wildman–Crippen MR) is 68.0 cm³/mol. The normalized spacial score (nSPS) is 9.94. The summed E-state index contributed by atoms with van der Waals surface area (Å²) in [6.07, 6.45) is 4.16. The number of aryl methyl sites for hydroxylation is 1. The number of carbonyl (C=O) groups excluding carboxylic acids is 1. The Bertz CT molecular complexity index is 509. The molecular weight excluding hydrogens is 212 g/mol. The molecule has 0 fully saturated rings. The molecule has 0 aliphatic carbocycles. The fourth-order valence-electron chi connectivity index (χ4n) is 1.57. The van der Waals surface area contributed by atoms with E-state index in [1.54, 1.807) is 24.5 Å². The minimum atomic E-state index is -0.133. The summed E-state index contributed by atoms with van der Waals surface area (Å²) in [7, 11) is 0. The Labute approximate surface area is 101 Å². The molecule has 1 aromatic heterocycles. The van der Waals surface area contributed by atoms with Crippen molar-refractivity contribution in [2.24, 2.45) is 0 Å². The van der Waals surface area contributed by atoms with Crippen LogP contribution in [0.1, 0.15) is 22.8 Å². The number of pyridine rings is 1. The monoisotopic (exact) mass is 226 g/mol. The fourth-order valence-corrected chi connectivity index (χ4v) is 1.57. The molecule has 0 spiro atoms. The Hall–Kier alpha value is -2.16. The molecule has 0 aliphatic rings. The van der Waals surface area contributed by atoms with Crippen molar-refractivity contribution < 1.29 is 4.79 Å². The summed E-state index contributed by atoms with van der Waals surface area (Å²) in [4.78, 5) is 15.8.